The number of benzene rings is 1. The SMILES string of the molecule is CCC(CO)(CO)Nc1ccc(C#N)c(Br)c1F. The fourth-order valence-corrected chi connectivity index (χ4v) is 1.89. The van der Waals surface area contributed by atoms with Gasteiger partial charge in [0.1, 0.15) is 6.07 Å². The molecule has 0 atom stereocenters. The highest BCUT2D eigenvalue weighted by Crippen LogP contribution is 2.29. The maximum atomic E-state index is 14.0. The van der Waals surface area contributed by atoms with Gasteiger partial charge >= 0.3 is 0 Å². The van der Waals surface area contributed by atoms with E-state index in [1.54, 1.807) is 6.92 Å². The highest BCUT2D eigenvalue weighted by Gasteiger charge is 2.27. The summed E-state index contributed by atoms with van der Waals surface area (Å²) < 4.78 is 14.0. The molecule has 6 heteroatoms. The van der Waals surface area contributed by atoms with Gasteiger partial charge in [-0.25, -0.2) is 4.39 Å². The molecule has 0 bridgehead atoms. The van der Waals surface area contributed by atoms with E-state index in [0.717, 1.165) is 0 Å². The molecule has 1 rings (SSSR count). The van der Waals surface area contributed by atoms with E-state index in [2.05, 4.69) is 21.2 Å². The Morgan fingerprint density at radius 2 is 2.06 bits per heavy atom. The topological polar surface area (TPSA) is 76.3 Å². The lowest BCUT2D eigenvalue weighted by atomic mass is 9.98. The Kier molecular flexibility index (Phi) is 5.08. The summed E-state index contributed by atoms with van der Waals surface area (Å²) in [4.78, 5) is 0. The van der Waals surface area contributed by atoms with Crippen LogP contribution < -0.4 is 5.32 Å². The Morgan fingerprint density at radius 1 is 1.44 bits per heavy atom. The van der Waals surface area contributed by atoms with E-state index in [1.165, 1.54) is 12.1 Å². The summed E-state index contributed by atoms with van der Waals surface area (Å²) >= 11 is 3.00. The van der Waals surface area contributed by atoms with Crippen LogP contribution in [0.1, 0.15) is 18.9 Å². The largest absolute Gasteiger partial charge is 0.394 e. The second kappa shape index (κ2) is 6.14. The Balaban J connectivity index is 3.13. The molecule has 0 spiro atoms. The van der Waals surface area contributed by atoms with E-state index >= 15 is 0 Å². The van der Waals surface area contributed by atoms with Gasteiger partial charge in [-0.3, -0.25) is 0 Å². The van der Waals surface area contributed by atoms with Crippen molar-refractivity contribution in [3.63, 3.8) is 0 Å². The smallest absolute Gasteiger partial charge is 0.161 e. The van der Waals surface area contributed by atoms with Crippen molar-refractivity contribution in [1.29, 1.82) is 5.26 Å². The Labute approximate surface area is 113 Å². The van der Waals surface area contributed by atoms with Crippen molar-refractivity contribution in [2.45, 2.75) is 18.9 Å². The first-order chi connectivity index (χ1) is 8.53. The summed E-state index contributed by atoms with van der Waals surface area (Å²) in [5.41, 5.74) is -0.659. The maximum absolute atomic E-state index is 14.0. The third-order valence-corrected chi connectivity index (χ3v) is 3.66. The van der Waals surface area contributed by atoms with Crippen molar-refractivity contribution in [2.75, 3.05) is 18.5 Å². The minimum atomic E-state index is -0.978. The number of nitriles is 1. The van der Waals surface area contributed by atoms with Crippen LogP contribution in [-0.4, -0.2) is 29.0 Å². The van der Waals surface area contributed by atoms with Crippen molar-refractivity contribution in [2.24, 2.45) is 0 Å². The Bertz CT molecular complexity index is 462. The quantitative estimate of drug-likeness (QED) is 0.776. The lowest BCUT2D eigenvalue weighted by Gasteiger charge is -2.31. The molecule has 0 heterocycles. The number of rotatable bonds is 5. The molecule has 0 aliphatic rings. The first-order valence-electron chi connectivity index (χ1n) is 5.41. The number of anilines is 1. The van der Waals surface area contributed by atoms with Crippen molar-refractivity contribution in [1.82, 2.24) is 0 Å². The van der Waals surface area contributed by atoms with Gasteiger partial charge in [-0.15, -0.1) is 0 Å². The van der Waals surface area contributed by atoms with Crippen molar-refractivity contribution < 1.29 is 14.6 Å². The number of nitrogens with one attached hydrogen (secondary N) is 1. The summed E-state index contributed by atoms with van der Waals surface area (Å²) in [7, 11) is 0. The average Bonchev–Trinajstić information content (AvgIpc) is 2.41. The molecule has 0 radical (unpaired) electrons. The number of hydrogen-bond acceptors (Lipinski definition) is 4. The van der Waals surface area contributed by atoms with Crippen LogP contribution in [-0.2, 0) is 0 Å². The fourth-order valence-electron chi connectivity index (χ4n) is 1.46. The second-order valence-corrected chi connectivity index (χ2v) is 4.77. The molecule has 0 saturated heterocycles. The van der Waals surface area contributed by atoms with Crippen molar-refractivity contribution in [3.8, 4) is 6.07 Å². The van der Waals surface area contributed by atoms with E-state index in [0.29, 0.717) is 6.42 Å². The molecule has 3 N–H and O–H groups in total. The molecular weight excluding hydrogens is 303 g/mol. The molecule has 4 nitrogen and oxygen atoms in total. The third-order valence-electron chi connectivity index (χ3n) is 2.88. The zero-order chi connectivity index (χ0) is 13.8. The Morgan fingerprint density at radius 3 is 2.50 bits per heavy atom. The summed E-state index contributed by atoms with van der Waals surface area (Å²) in [6, 6.07) is 4.73. The molecule has 98 valence electrons. The molecule has 0 aliphatic carbocycles. The van der Waals surface area contributed by atoms with E-state index in [1.807, 2.05) is 6.07 Å². The minimum absolute atomic E-state index is 0.0656. The predicted molar refractivity (Wildman–Crippen MR) is 69.6 cm³/mol. The summed E-state index contributed by atoms with van der Waals surface area (Å²) in [5.74, 6) is -0.617. The average molecular weight is 317 g/mol. The van der Waals surface area contributed by atoms with Crippen LogP contribution in [0.25, 0.3) is 0 Å². The second-order valence-electron chi connectivity index (χ2n) is 3.98. The Hall–Kier alpha value is -1.16. The lowest BCUT2D eigenvalue weighted by Crippen LogP contribution is -2.45. The highest BCUT2D eigenvalue weighted by molar-refractivity contribution is 9.10. The van der Waals surface area contributed by atoms with Crippen molar-refractivity contribution in [3.05, 3.63) is 28.0 Å². The van der Waals surface area contributed by atoms with Gasteiger partial charge in [0.15, 0.2) is 5.82 Å². The number of aliphatic hydroxyl groups is 2. The van der Waals surface area contributed by atoms with Gasteiger partial charge < -0.3 is 15.5 Å². The van der Waals surface area contributed by atoms with Gasteiger partial charge in [0.2, 0.25) is 0 Å². The van der Waals surface area contributed by atoms with E-state index in [-0.39, 0.29) is 28.9 Å². The van der Waals surface area contributed by atoms with Crippen LogP contribution in [0.3, 0.4) is 0 Å². The summed E-state index contributed by atoms with van der Waals surface area (Å²) in [6.07, 6.45) is 0.428. The molecule has 0 saturated carbocycles. The van der Waals surface area contributed by atoms with Gasteiger partial charge in [0.25, 0.3) is 0 Å². The van der Waals surface area contributed by atoms with Crippen LogP contribution >= 0.6 is 15.9 Å². The molecule has 1 aromatic carbocycles. The molecule has 0 aromatic heterocycles. The van der Waals surface area contributed by atoms with Gasteiger partial charge in [-0.1, -0.05) is 6.92 Å². The number of halogens is 2. The van der Waals surface area contributed by atoms with Gasteiger partial charge in [-0.05, 0) is 34.5 Å². The van der Waals surface area contributed by atoms with Crippen LogP contribution in [0.5, 0.6) is 0 Å². The van der Waals surface area contributed by atoms with Crippen LogP contribution in [0.4, 0.5) is 10.1 Å². The monoisotopic (exact) mass is 316 g/mol. The summed E-state index contributed by atoms with van der Waals surface area (Å²) in [6.45, 7) is 1.13. The highest BCUT2D eigenvalue weighted by atomic mass is 79.9. The number of hydrogen-bond donors (Lipinski definition) is 3. The number of aliphatic hydroxyl groups excluding tert-OH is 2. The lowest BCUT2D eigenvalue weighted by molar-refractivity contribution is 0.132. The first-order valence-corrected chi connectivity index (χ1v) is 6.21. The van der Waals surface area contributed by atoms with E-state index < -0.39 is 11.4 Å². The van der Waals surface area contributed by atoms with Gasteiger partial charge in [0.05, 0.1) is 34.5 Å². The molecule has 0 fully saturated rings. The fraction of sp³-hybridized carbons (Fsp3) is 0.417. The number of nitrogens with zero attached hydrogens (tertiary/aromatic N) is 1. The molecule has 0 unspecified atom stereocenters. The van der Waals surface area contributed by atoms with Crippen LogP contribution in [0.2, 0.25) is 0 Å². The van der Waals surface area contributed by atoms with Crippen LogP contribution in [0, 0.1) is 17.1 Å². The normalized spacial score (nSPS) is 11.1. The maximum Gasteiger partial charge on any atom is 0.161 e. The van der Waals surface area contributed by atoms with E-state index in [9.17, 15) is 14.6 Å². The zero-order valence-corrected chi connectivity index (χ0v) is 11.5. The van der Waals surface area contributed by atoms with Gasteiger partial charge in [0, 0.05) is 0 Å². The van der Waals surface area contributed by atoms with E-state index in [4.69, 9.17) is 5.26 Å². The van der Waals surface area contributed by atoms with Crippen molar-refractivity contribution >= 4 is 21.6 Å². The predicted octanol–water partition coefficient (Wildman–Crippen LogP) is 2.01. The molecule has 0 amide bonds. The third kappa shape index (κ3) is 2.80. The molecule has 18 heavy (non-hydrogen) atoms. The standard InChI is InChI=1S/C12H14BrFN2O2/c1-2-12(6-17,7-18)16-9-4-3-8(5-15)10(13)11(9)14/h3-4,16-18H,2,6-7H2,1H3. The molecular formula is C12H14BrFN2O2. The minimum Gasteiger partial charge on any atom is -0.394 e. The first kappa shape index (κ1) is 14.9. The summed E-state index contributed by atoms with van der Waals surface area (Å²) in [5, 5.41) is 30.1. The van der Waals surface area contributed by atoms with Gasteiger partial charge in [-0.2, -0.15) is 5.26 Å². The zero-order valence-electron chi connectivity index (χ0n) is 9.87. The molecule has 1 aromatic rings. The van der Waals surface area contributed by atoms with Crippen LogP contribution in [0.15, 0.2) is 16.6 Å². The molecule has 0 aliphatic heterocycles.